The van der Waals surface area contributed by atoms with Gasteiger partial charge in [0.25, 0.3) is 11.8 Å². The molecule has 1 saturated heterocycles. The standard InChI is InChI=1S/C19H23N7O8S2.Na/c1-2-3-4-25(10-8-36-17(20)23-10)19(32)34-22-5-11(27)24-12-14(28)26-13(16(29)30)9(6-33-18(21)31)7-35-15(12)26;/h5,8,12,15H,2-4,6-7H2,1H3,(H2,20,23)(H2,21,31)(H,24,27)(H,29,30);/q;+1/p-1/b22-5+;. The van der Waals surface area contributed by atoms with Crippen molar-refractivity contribution in [1.82, 2.24) is 15.2 Å². The van der Waals surface area contributed by atoms with Gasteiger partial charge in [0.2, 0.25) is 0 Å². The Morgan fingerprint density at radius 1 is 1.41 bits per heavy atom. The van der Waals surface area contributed by atoms with Gasteiger partial charge in [-0.15, -0.1) is 23.1 Å². The van der Waals surface area contributed by atoms with E-state index in [9.17, 15) is 29.1 Å². The first-order chi connectivity index (χ1) is 17.1. The molecule has 15 nitrogen and oxygen atoms in total. The summed E-state index contributed by atoms with van der Waals surface area (Å²) in [5.74, 6) is -2.81. The minimum atomic E-state index is -1.63. The molecule has 0 bridgehead atoms. The summed E-state index contributed by atoms with van der Waals surface area (Å²) >= 11 is 2.29. The first-order valence-electron chi connectivity index (χ1n) is 10.5. The number of ether oxygens (including phenoxy) is 1. The number of carboxylic acids is 1. The van der Waals surface area contributed by atoms with Gasteiger partial charge in [-0.3, -0.25) is 24.2 Å². The van der Waals surface area contributed by atoms with Crippen LogP contribution in [0.4, 0.5) is 20.5 Å². The van der Waals surface area contributed by atoms with Gasteiger partial charge in [0.1, 0.15) is 24.2 Å². The third-order valence-corrected chi connectivity index (χ3v) is 6.97. The summed E-state index contributed by atoms with van der Waals surface area (Å²) in [7, 11) is 0. The van der Waals surface area contributed by atoms with Crippen LogP contribution in [0.5, 0.6) is 0 Å². The summed E-state index contributed by atoms with van der Waals surface area (Å²) in [5.41, 5.74) is 10.2. The molecule has 3 rings (SSSR count). The number of aliphatic carboxylic acids is 1. The van der Waals surface area contributed by atoms with Crippen molar-refractivity contribution < 1.29 is 68.2 Å². The number of nitrogens with zero attached hydrogens (tertiary/aromatic N) is 4. The summed E-state index contributed by atoms with van der Waals surface area (Å²) in [6.07, 6.45) is 0.165. The minimum absolute atomic E-state index is 0. The number of thioether (sulfide) groups is 1. The number of nitrogen functional groups attached to an aromatic ring is 1. The fourth-order valence-electron chi connectivity index (χ4n) is 3.32. The number of primary amides is 1. The van der Waals surface area contributed by atoms with Crippen LogP contribution in [0.25, 0.3) is 0 Å². The molecule has 194 valence electrons. The molecule has 2 atom stereocenters. The van der Waals surface area contributed by atoms with Gasteiger partial charge in [-0.2, -0.15) is 0 Å². The van der Waals surface area contributed by atoms with Crippen LogP contribution in [0.15, 0.2) is 21.8 Å². The Hall–Kier alpha value is -2.86. The first kappa shape index (κ1) is 30.4. The Morgan fingerprint density at radius 3 is 2.73 bits per heavy atom. The molecule has 0 aromatic carbocycles. The van der Waals surface area contributed by atoms with Gasteiger partial charge in [0.15, 0.2) is 10.9 Å². The molecule has 1 aromatic heterocycles. The third kappa shape index (κ3) is 7.35. The van der Waals surface area contributed by atoms with Crippen LogP contribution in [0.3, 0.4) is 0 Å². The Balaban J connectivity index is 0.00000481. The number of amides is 4. The van der Waals surface area contributed by atoms with E-state index >= 15 is 0 Å². The molecule has 0 radical (unpaired) electrons. The molecule has 37 heavy (non-hydrogen) atoms. The number of β-lactam (4-membered cyclic amide) rings is 1. The van der Waals surface area contributed by atoms with E-state index in [-0.39, 0.29) is 46.0 Å². The van der Waals surface area contributed by atoms with Crippen LogP contribution < -0.4 is 56.3 Å². The number of rotatable bonds is 10. The van der Waals surface area contributed by atoms with E-state index in [1.165, 1.54) is 4.90 Å². The van der Waals surface area contributed by atoms with Gasteiger partial charge in [-0.25, -0.2) is 14.6 Å². The van der Waals surface area contributed by atoms with Gasteiger partial charge in [-0.05, 0) is 6.42 Å². The molecule has 2 unspecified atom stereocenters. The van der Waals surface area contributed by atoms with Crippen LogP contribution in [0.1, 0.15) is 19.8 Å². The summed E-state index contributed by atoms with van der Waals surface area (Å²) in [6, 6.07) is -1.06. The third-order valence-electron chi connectivity index (χ3n) is 4.97. The maximum atomic E-state index is 12.5. The number of unbranched alkanes of at least 4 members (excludes halogenated alkanes) is 1. The number of carbonyl (C=O) groups is 5. The van der Waals surface area contributed by atoms with Gasteiger partial charge >= 0.3 is 41.7 Å². The van der Waals surface area contributed by atoms with E-state index in [1.807, 2.05) is 6.92 Å². The minimum Gasteiger partial charge on any atom is -0.543 e. The molecule has 5 N–H and O–H groups in total. The number of oxime groups is 1. The van der Waals surface area contributed by atoms with E-state index in [2.05, 4.69) is 20.2 Å². The molecule has 18 heteroatoms. The van der Waals surface area contributed by atoms with Crippen molar-refractivity contribution in [3.05, 3.63) is 16.7 Å². The number of hydrogen-bond acceptors (Lipinski definition) is 13. The van der Waals surface area contributed by atoms with Crippen molar-refractivity contribution in [1.29, 1.82) is 0 Å². The number of thiazole rings is 1. The predicted octanol–water partition coefficient (Wildman–Crippen LogP) is -4.04. The van der Waals surface area contributed by atoms with Crippen LogP contribution >= 0.6 is 23.1 Å². The summed E-state index contributed by atoms with van der Waals surface area (Å²) < 4.78 is 4.62. The van der Waals surface area contributed by atoms with Crippen LogP contribution in [0, 0.1) is 0 Å². The Kier molecular flexibility index (Phi) is 11.2. The second-order valence-corrected chi connectivity index (χ2v) is 9.38. The van der Waals surface area contributed by atoms with Crippen molar-refractivity contribution in [3.8, 4) is 0 Å². The summed E-state index contributed by atoms with van der Waals surface area (Å²) in [5, 5.41) is 18.5. The fourth-order valence-corrected chi connectivity index (χ4v) is 5.20. The van der Waals surface area contributed by atoms with E-state index in [0.717, 1.165) is 34.4 Å². The second-order valence-electron chi connectivity index (χ2n) is 7.38. The summed E-state index contributed by atoms with van der Waals surface area (Å²) in [4.78, 5) is 70.6. The number of fused-ring (bicyclic) bond motifs is 1. The zero-order chi connectivity index (χ0) is 26.4. The number of aromatic nitrogens is 1. The molecule has 0 saturated carbocycles. The Morgan fingerprint density at radius 2 is 2.14 bits per heavy atom. The van der Waals surface area contributed by atoms with Crippen LogP contribution in [-0.2, 0) is 24.0 Å². The second kappa shape index (κ2) is 13.6. The molecular formula is C19H22N7NaO8S2. The molecule has 2 aliphatic heterocycles. The van der Waals surface area contributed by atoms with Crippen molar-refractivity contribution in [2.75, 3.05) is 29.5 Å². The van der Waals surface area contributed by atoms with Crippen molar-refractivity contribution >= 4 is 70.2 Å². The SMILES string of the molecule is CCCCN(C(=O)O/N=C/C(=O)NC1C(=O)N2C(C(=O)[O-])=C(COC(N)=O)CSC12)c1csc(N)n1.[Na+]. The maximum absolute atomic E-state index is 12.5. The number of nitrogens with two attached hydrogens (primary N) is 2. The number of nitrogens with one attached hydrogen (secondary N) is 1. The van der Waals surface area contributed by atoms with Crippen LogP contribution in [-0.4, -0.2) is 76.4 Å². The average molecular weight is 564 g/mol. The Bertz CT molecular complexity index is 1130. The predicted molar refractivity (Wildman–Crippen MR) is 126 cm³/mol. The fraction of sp³-hybridized carbons (Fsp3) is 0.421. The van der Waals surface area contributed by atoms with Gasteiger partial charge in [-0.1, -0.05) is 18.5 Å². The Labute approximate surface area is 240 Å². The zero-order valence-electron chi connectivity index (χ0n) is 19.9. The van der Waals surface area contributed by atoms with Crippen LogP contribution in [0.2, 0.25) is 0 Å². The van der Waals surface area contributed by atoms with Crippen molar-refractivity contribution in [2.45, 2.75) is 31.2 Å². The largest absolute Gasteiger partial charge is 1.00 e. The summed E-state index contributed by atoms with van der Waals surface area (Å²) in [6.45, 7) is 1.82. The molecular weight excluding hydrogens is 541 g/mol. The molecule has 3 heterocycles. The van der Waals surface area contributed by atoms with Gasteiger partial charge < -0.3 is 31.4 Å². The molecule has 1 aromatic rings. The van der Waals surface area contributed by atoms with Crippen molar-refractivity contribution in [2.24, 2.45) is 10.9 Å². The van der Waals surface area contributed by atoms with E-state index in [4.69, 9.17) is 16.3 Å². The molecule has 0 spiro atoms. The zero-order valence-corrected chi connectivity index (χ0v) is 23.5. The van der Waals surface area contributed by atoms with E-state index < -0.39 is 53.7 Å². The monoisotopic (exact) mass is 563 g/mol. The van der Waals surface area contributed by atoms with Gasteiger partial charge in [0, 0.05) is 23.3 Å². The topological polar surface area (TPSA) is 223 Å². The number of hydrogen-bond donors (Lipinski definition) is 3. The smallest absolute Gasteiger partial charge is 0.543 e. The molecule has 0 aliphatic carbocycles. The average Bonchev–Trinajstić information content (AvgIpc) is 3.26. The molecule has 4 amide bonds. The molecule has 2 aliphatic rings. The van der Waals surface area contributed by atoms with Crippen molar-refractivity contribution in [3.63, 3.8) is 0 Å². The number of carboxylic acid groups (broad SMARTS) is 1. The number of anilines is 2. The van der Waals surface area contributed by atoms with E-state index in [1.54, 1.807) is 5.38 Å². The maximum Gasteiger partial charge on any atom is 1.00 e. The quantitative estimate of drug-likeness (QED) is 0.0817. The van der Waals surface area contributed by atoms with E-state index in [0.29, 0.717) is 25.0 Å². The normalized spacial score (nSPS) is 18.4. The number of carbonyl (C=O) groups excluding carboxylic acids is 5. The molecule has 1 fully saturated rings. The van der Waals surface area contributed by atoms with Gasteiger partial charge in [0.05, 0.1) is 11.7 Å². The first-order valence-corrected chi connectivity index (χ1v) is 12.4.